The molecule has 1 fully saturated rings. The van der Waals surface area contributed by atoms with Crippen molar-refractivity contribution in [3.8, 4) is 0 Å². The van der Waals surface area contributed by atoms with Gasteiger partial charge in [0.2, 0.25) is 5.91 Å². The molecule has 0 aromatic heterocycles. The third kappa shape index (κ3) is 5.22. The molecule has 0 aliphatic heterocycles. The Balaban J connectivity index is 2.03. The van der Waals surface area contributed by atoms with Gasteiger partial charge in [0.05, 0.1) is 0 Å². The van der Waals surface area contributed by atoms with Gasteiger partial charge in [-0.05, 0) is 30.5 Å². The zero-order chi connectivity index (χ0) is 16.1. The summed E-state index contributed by atoms with van der Waals surface area (Å²) in [6, 6.07) is 8.25. The second kappa shape index (κ2) is 7.49. The van der Waals surface area contributed by atoms with Crippen LogP contribution in [0, 0.1) is 0 Å². The van der Waals surface area contributed by atoms with E-state index in [1.54, 1.807) is 19.0 Å². The number of likely N-dealkylation sites (N-methyl/N-ethyl adjacent to an activating group) is 1. The van der Waals surface area contributed by atoms with Gasteiger partial charge in [-0.3, -0.25) is 4.79 Å². The molecule has 0 spiro atoms. The van der Waals surface area contributed by atoms with Gasteiger partial charge in [0.1, 0.15) is 6.54 Å². The molecule has 1 amide bonds. The minimum Gasteiger partial charge on any atom is -0.353 e. The molecule has 1 saturated carbocycles. The maximum atomic E-state index is 11.7. The van der Waals surface area contributed by atoms with Gasteiger partial charge in [-0.15, -0.1) is 0 Å². The van der Waals surface area contributed by atoms with E-state index in [9.17, 15) is 4.79 Å². The lowest BCUT2D eigenvalue weighted by molar-refractivity contribution is -0.127. The van der Waals surface area contributed by atoms with Crippen molar-refractivity contribution in [3.63, 3.8) is 0 Å². The van der Waals surface area contributed by atoms with E-state index >= 15 is 0 Å². The fourth-order valence-corrected chi connectivity index (χ4v) is 2.17. The number of hydrogen-bond acceptors (Lipinski definition) is 2. The summed E-state index contributed by atoms with van der Waals surface area (Å²) in [7, 11) is 5.44. The van der Waals surface area contributed by atoms with E-state index < -0.39 is 0 Å². The van der Waals surface area contributed by atoms with Gasteiger partial charge in [-0.25, -0.2) is 4.99 Å². The second-order valence-electron chi connectivity index (χ2n) is 5.83. The van der Waals surface area contributed by atoms with Crippen LogP contribution in [0.5, 0.6) is 0 Å². The monoisotopic (exact) mass is 322 g/mol. The molecule has 1 aliphatic rings. The minimum absolute atomic E-state index is 0.00810. The van der Waals surface area contributed by atoms with E-state index in [4.69, 9.17) is 11.6 Å². The summed E-state index contributed by atoms with van der Waals surface area (Å²) in [4.78, 5) is 19.8. The minimum atomic E-state index is -0.00810. The normalized spacial score (nSPS) is 14.6. The fourth-order valence-electron chi connectivity index (χ4n) is 1.95. The molecule has 0 atom stereocenters. The molecule has 120 valence electrons. The smallest absolute Gasteiger partial charge is 0.243 e. The lowest BCUT2D eigenvalue weighted by Gasteiger charge is -2.23. The number of hydrogen-bond donors (Lipinski definition) is 1. The van der Waals surface area contributed by atoms with E-state index in [0.717, 1.165) is 29.4 Å². The highest BCUT2D eigenvalue weighted by atomic mass is 35.5. The number of amides is 1. The molecule has 6 heteroatoms. The number of aliphatic imine (C=N–C) groups is 1. The van der Waals surface area contributed by atoms with E-state index in [1.165, 1.54) is 0 Å². The molecule has 0 bridgehead atoms. The maximum Gasteiger partial charge on any atom is 0.243 e. The predicted octanol–water partition coefficient (Wildman–Crippen LogP) is 1.97. The third-order valence-corrected chi connectivity index (χ3v) is 3.68. The van der Waals surface area contributed by atoms with Crippen LogP contribution in [0.4, 0.5) is 0 Å². The van der Waals surface area contributed by atoms with Crippen LogP contribution in [0.1, 0.15) is 18.4 Å². The Morgan fingerprint density at radius 3 is 2.68 bits per heavy atom. The van der Waals surface area contributed by atoms with Gasteiger partial charge in [-0.1, -0.05) is 23.7 Å². The van der Waals surface area contributed by atoms with Crippen LogP contribution in [-0.2, 0) is 11.3 Å². The highest BCUT2D eigenvalue weighted by Gasteiger charge is 2.24. The van der Waals surface area contributed by atoms with E-state index in [0.29, 0.717) is 12.6 Å². The first-order chi connectivity index (χ1) is 10.5. The Morgan fingerprint density at radius 1 is 1.36 bits per heavy atom. The average Bonchev–Trinajstić information content (AvgIpc) is 3.26. The fraction of sp³-hybridized carbons (Fsp3) is 0.500. The molecule has 1 N–H and O–H groups in total. The van der Waals surface area contributed by atoms with Gasteiger partial charge < -0.3 is 15.1 Å². The maximum absolute atomic E-state index is 11.7. The standard InChI is InChI=1S/C16H23ClN4O/c1-20(2)15(22)10-18-16(19-14-7-8-14)21(3)11-12-5-4-6-13(17)9-12/h4-6,9,14H,7-8,10-11H2,1-3H3,(H,18,19). The van der Waals surface area contributed by atoms with Crippen molar-refractivity contribution in [1.29, 1.82) is 0 Å². The summed E-state index contributed by atoms with van der Waals surface area (Å²) in [6.45, 7) is 0.844. The van der Waals surface area contributed by atoms with Crippen LogP contribution in [0.3, 0.4) is 0 Å². The first kappa shape index (κ1) is 16.6. The predicted molar refractivity (Wildman–Crippen MR) is 90.1 cm³/mol. The summed E-state index contributed by atoms with van der Waals surface area (Å²) in [5.74, 6) is 0.754. The van der Waals surface area contributed by atoms with Crippen molar-refractivity contribution in [2.24, 2.45) is 4.99 Å². The molecule has 0 radical (unpaired) electrons. The average molecular weight is 323 g/mol. The van der Waals surface area contributed by atoms with E-state index in [1.807, 2.05) is 36.2 Å². The Labute approximate surface area is 137 Å². The van der Waals surface area contributed by atoms with E-state index in [-0.39, 0.29) is 12.5 Å². The molecular weight excluding hydrogens is 300 g/mol. The lowest BCUT2D eigenvalue weighted by Crippen LogP contribution is -2.40. The van der Waals surface area contributed by atoms with Gasteiger partial charge in [0.25, 0.3) is 0 Å². The Kier molecular flexibility index (Phi) is 5.66. The topological polar surface area (TPSA) is 47.9 Å². The second-order valence-corrected chi connectivity index (χ2v) is 6.27. The van der Waals surface area contributed by atoms with E-state index in [2.05, 4.69) is 10.3 Å². The van der Waals surface area contributed by atoms with Crippen molar-refractivity contribution in [3.05, 3.63) is 34.9 Å². The molecule has 2 rings (SSSR count). The van der Waals surface area contributed by atoms with Gasteiger partial charge >= 0.3 is 0 Å². The van der Waals surface area contributed by atoms with Crippen molar-refractivity contribution in [2.75, 3.05) is 27.7 Å². The number of nitrogens with one attached hydrogen (secondary N) is 1. The van der Waals surface area contributed by atoms with Gasteiger partial charge in [0.15, 0.2) is 5.96 Å². The molecule has 1 aliphatic carbocycles. The number of benzene rings is 1. The highest BCUT2D eigenvalue weighted by molar-refractivity contribution is 6.30. The Morgan fingerprint density at radius 2 is 2.09 bits per heavy atom. The Bertz CT molecular complexity index is 555. The van der Waals surface area contributed by atoms with Crippen molar-refractivity contribution in [1.82, 2.24) is 15.1 Å². The number of guanidine groups is 1. The van der Waals surface area contributed by atoms with Crippen LogP contribution >= 0.6 is 11.6 Å². The summed E-state index contributed by atoms with van der Waals surface area (Å²) < 4.78 is 0. The van der Waals surface area contributed by atoms with Crippen LogP contribution in [-0.4, -0.2) is 55.4 Å². The van der Waals surface area contributed by atoms with Crippen molar-refractivity contribution >= 4 is 23.5 Å². The number of halogens is 1. The van der Waals surface area contributed by atoms with Gasteiger partial charge in [-0.2, -0.15) is 0 Å². The quantitative estimate of drug-likeness (QED) is 0.666. The largest absolute Gasteiger partial charge is 0.353 e. The number of carbonyl (C=O) groups excluding carboxylic acids is 1. The zero-order valence-electron chi connectivity index (χ0n) is 13.3. The molecule has 1 aromatic carbocycles. The summed E-state index contributed by atoms with van der Waals surface area (Å²) in [5.41, 5.74) is 1.11. The lowest BCUT2D eigenvalue weighted by atomic mass is 10.2. The number of rotatable bonds is 5. The molecule has 5 nitrogen and oxygen atoms in total. The summed E-state index contributed by atoms with van der Waals surface area (Å²) >= 11 is 6.03. The molecule has 22 heavy (non-hydrogen) atoms. The first-order valence-corrected chi connectivity index (χ1v) is 7.80. The molecule has 0 saturated heterocycles. The SMILES string of the molecule is CN(C)C(=O)CN=C(NC1CC1)N(C)Cc1cccc(Cl)c1. The van der Waals surface area contributed by atoms with Crippen molar-refractivity contribution < 1.29 is 4.79 Å². The molecule has 0 heterocycles. The van der Waals surface area contributed by atoms with Crippen LogP contribution in [0.15, 0.2) is 29.3 Å². The van der Waals surface area contributed by atoms with Crippen LogP contribution in [0.25, 0.3) is 0 Å². The molecule has 0 unspecified atom stereocenters. The van der Waals surface area contributed by atoms with Gasteiger partial charge in [0, 0.05) is 38.8 Å². The number of carbonyl (C=O) groups is 1. The van der Waals surface area contributed by atoms with Crippen LogP contribution < -0.4 is 5.32 Å². The molecule has 1 aromatic rings. The third-order valence-electron chi connectivity index (χ3n) is 3.44. The summed E-state index contributed by atoms with van der Waals surface area (Å²) in [5, 5.41) is 4.12. The van der Waals surface area contributed by atoms with Crippen molar-refractivity contribution in [2.45, 2.75) is 25.4 Å². The number of nitrogens with zero attached hydrogens (tertiary/aromatic N) is 3. The molecular formula is C16H23ClN4O. The summed E-state index contributed by atoms with van der Waals surface area (Å²) in [6.07, 6.45) is 2.32. The first-order valence-electron chi connectivity index (χ1n) is 7.42. The zero-order valence-corrected chi connectivity index (χ0v) is 14.1. The highest BCUT2D eigenvalue weighted by Crippen LogP contribution is 2.19. The Hall–Kier alpha value is -1.75. The van der Waals surface area contributed by atoms with Crippen LogP contribution in [0.2, 0.25) is 5.02 Å².